The van der Waals surface area contributed by atoms with Gasteiger partial charge in [-0.3, -0.25) is 4.79 Å². The van der Waals surface area contributed by atoms with Crippen LogP contribution in [0.25, 0.3) is 0 Å². The van der Waals surface area contributed by atoms with Crippen LogP contribution < -0.4 is 0 Å². The van der Waals surface area contributed by atoms with Crippen LogP contribution in [0.4, 0.5) is 0 Å². The number of ether oxygens (including phenoxy) is 2. The molecule has 0 aromatic carbocycles. The van der Waals surface area contributed by atoms with E-state index in [4.69, 9.17) is 9.47 Å². The van der Waals surface area contributed by atoms with E-state index in [0.717, 1.165) is 12.8 Å². The average Bonchev–Trinajstić information content (AvgIpc) is 2.40. The summed E-state index contributed by atoms with van der Waals surface area (Å²) in [5, 5.41) is 0. The Morgan fingerprint density at radius 3 is 2.58 bits per heavy atom. The molecule has 1 atom stereocenters. The van der Waals surface area contributed by atoms with Gasteiger partial charge in [0.1, 0.15) is 5.78 Å². The maximum absolute atomic E-state index is 11.0. The summed E-state index contributed by atoms with van der Waals surface area (Å²) in [6.45, 7) is 2.68. The van der Waals surface area contributed by atoms with Gasteiger partial charge in [-0.05, 0) is 6.92 Å². The van der Waals surface area contributed by atoms with E-state index in [-0.39, 0.29) is 6.10 Å². The molecule has 1 heterocycles. The Morgan fingerprint density at radius 2 is 2.08 bits per heavy atom. The summed E-state index contributed by atoms with van der Waals surface area (Å²) in [7, 11) is 0. The van der Waals surface area contributed by atoms with E-state index in [1.165, 1.54) is 0 Å². The first-order chi connectivity index (χ1) is 5.70. The Bertz CT molecular complexity index is 190. The van der Waals surface area contributed by atoms with Gasteiger partial charge in [-0.15, -0.1) is 0 Å². The lowest BCUT2D eigenvalue weighted by Gasteiger charge is -2.30. The third-order valence-electron chi connectivity index (χ3n) is 2.57. The van der Waals surface area contributed by atoms with E-state index in [2.05, 4.69) is 0 Å². The molecule has 1 unspecified atom stereocenters. The number of ketones is 1. The fourth-order valence-corrected chi connectivity index (χ4v) is 1.88. The van der Waals surface area contributed by atoms with Crippen molar-refractivity contribution in [2.24, 2.45) is 0 Å². The smallest absolute Gasteiger partial charge is 0.169 e. The minimum absolute atomic E-state index is 0.193. The SMILES string of the molecule is CC1COC2(CCC(=O)CC2)O1. The molecule has 68 valence electrons. The highest BCUT2D eigenvalue weighted by Gasteiger charge is 2.42. The van der Waals surface area contributed by atoms with Crippen molar-refractivity contribution in [3.8, 4) is 0 Å². The van der Waals surface area contributed by atoms with Gasteiger partial charge in [-0.2, -0.15) is 0 Å². The van der Waals surface area contributed by atoms with E-state index in [1.807, 2.05) is 6.92 Å². The molecule has 3 heteroatoms. The zero-order chi connectivity index (χ0) is 8.60. The van der Waals surface area contributed by atoms with Crippen molar-refractivity contribution in [2.75, 3.05) is 6.61 Å². The molecule has 1 saturated heterocycles. The fraction of sp³-hybridized carbons (Fsp3) is 0.889. The van der Waals surface area contributed by atoms with Crippen LogP contribution in [-0.2, 0) is 14.3 Å². The minimum atomic E-state index is -0.396. The molecule has 0 aromatic heterocycles. The third-order valence-corrected chi connectivity index (χ3v) is 2.57. The molecule has 2 fully saturated rings. The number of hydrogen-bond donors (Lipinski definition) is 0. The first-order valence-corrected chi connectivity index (χ1v) is 4.54. The Hall–Kier alpha value is -0.410. The molecule has 0 bridgehead atoms. The standard InChI is InChI=1S/C9H14O3/c1-7-6-11-9(12-7)4-2-8(10)3-5-9/h7H,2-6H2,1H3. The van der Waals surface area contributed by atoms with Crippen LogP contribution in [0.15, 0.2) is 0 Å². The summed E-state index contributed by atoms with van der Waals surface area (Å²) in [6.07, 6.45) is 2.92. The predicted molar refractivity (Wildman–Crippen MR) is 42.7 cm³/mol. The lowest BCUT2D eigenvalue weighted by Crippen LogP contribution is -2.35. The van der Waals surface area contributed by atoms with Crippen LogP contribution in [0.3, 0.4) is 0 Å². The highest BCUT2D eigenvalue weighted by Crippen LogP contribution is 2.36. The topological polar surface area (TPSA) is 35.5 Å². The summed E-state index contributed by atoms with van der Waals surface area (Å²) in [5.74, 6) is -0.0553. The third kappa shape index (κ3) is 1.39. The Balaban J connectivity index is 1.99. The second-order valence-electron chi connectivity index (χ2n) is 3.69. The highest BCUT2D eigenvalue weighted by molar-refractivity contribution is 5.79. The molecule has 12 heavy (non-hydrogen) atoms. The Labute approximate surface area is 72.0 Å². The van der Waals surface area contributed by atoms with Gasteiger partial charge in [-0.1, -0.05) is 0 Å². The maximum atomic E-state index is 11.0. The van der Waals surface area contributed by atoms with Crippen molar-refractivity contribution < 1.29 is 14.3 Å². The predicted octanol–water partition coefficient (Wildman–Crippen LogP) is 1.26. The lowest BCUT2D eigenvalue weighted by atomic mass is 9.93. The second kappa shape index (κ2) is 2.82. The van der Waals surface area contributed by atoms with Crippen molar-refractivity contribution >= 4 is 5.78 Å². The fourth-order valence-electron chi connectivity index (χ4n) is 1.88. The monoisotopic (exact) mass is 170 g/mol. The minimum Gasteiger partial charge on any atom is -0.347 e. The normalized spacial score (nSPS) is 34.4. The summed E-state index contributed by atoms with van der Waals surface area (Å²) in [5.41, 5.74) is 0. The van der Waals surface area contributed by atoms with E-state index < -0.39 is 5.79 Å². The number of rotatable bonds is 0. The summed E-state index contributed by atoms with van der Waals surface area (Å²) < 4.78 is 11.2. The van der Waals surface area contributed by atoms with Crippen LogP contribution in [0.5, 0.6) is 0 Å². The van der Waals surface area contributed by atoms with Crippen molar-refractivity contribution in [3.63, 3.8) is 0 Å². The first kappa shape index (κ1) is 8.20. The molecule has 2 rings (SSSR count). The summed E-state index contributed by atoms with van der Waals surface area (Å²) >= 11 is 0. The van der Waals surface area contributed by atoms with Gasteiger partial charge in [0.15, 0.2) is 5.79 Å². The quantitative estimate of drug-likeness (QED) is 0.549. The van der Waals surface area contributed by atoms with Crippen molar-refractivity contribution in [3.05, 3.63) is 0 Å². The average molecular weight is 170 g/mol. The number of carbonyl (C=O) groups excluding carboxylic acids is 1. The van der Waals surface area contributed by atoms with E-state index in [1.54, 1.807) is 0 Å². The van der Waals surface area contributed by atoms with Gasteiger partial charge >= 0.3 is 0 Å². The van der Waals surface area contributed by atoms with Gasteiger partial charge in [0.05, 0.1) is 12.7 Å². The van der Waals surface area contributed by atoms with Crippen LogP contribution in [-0.4, -0.2) is 24.3 Å². The van der Waals surface area contributed by atoms with Crippen molar-refractivity contribution in [1.29, 1.82) is 0 Å². The molecule has 3 nitrogen and oxygen atoms in total. The molecular formula is C9H14O3. The molecule has 1 aliphatic heterocycles. The zero-order valence-corrected chi connectivity index (χ0v) is 7.34. The molecular weight excluding hydrogens is 156 g/mol. The summed E-state index contributed by atoms with van der Waals surface area (Å²) in [4.78, 5) is 11.0. The van der Waals surface area contributed by atoms with Gasteiger partial charge in [0, 0.05) is 25.7 Å². The maximum Gasteiger partial charge on any atom is 0.169 e. The highest BCUT2D eigenvalue weighted by atomic mass is 16.7. The number of carbonyl (C=O) groups is 1. The van der Waals surface area contributed by atoms with E-state index in [9.17, 15) is 4.79 Å². The van der Waals surface area contributed by atoms with Crippen LogP contribution in [0.1, 0.15) is 32.6 Å². The van der Waals surface area contributed by atoms with E-state index in [0.29, 0.717) is 25.2 Å². The Morgan fingerprint density at radius 1 is 1.42 bits per heavy atom. The van der Waals surface area contributed by atoms with Crippen molar-refractivity contribution in [1.82, 2.24) is 0 Å². The molecule has 2 aliphatic rings. The summed E-state index contributed by atoms with van der Waals surface area (Å²) in [6, 6.07) is 0. The molecule has 0 amide bonds. The lowest BCUT2D eigenvalue weighted by molar-refractivity contribution is -0.187. The number of hydrogen-bond acceptors (Lipinski definition) is 3. The van der Waals surface area contributed by atoms with Crippen LogP contribution >= 0.6 is 0 Å². The largest absolute Gasteiger partial charge is 0.347 e. The van der Waals surface area contributed by atoms with Gasteiger partial charge in [0.2, 0.25) is 0 Å². The van der Waals surface area contributed by atoms with Gasteiger partial charge < -0.3 is 9.47 Å². The molecule has 1 spiro atoms. The van der Waals surface area contributed by atoms with Crippen LogP contribution in [0, 0.1) is 0 Å². The van der Waals surface area contributed by atoms with Crippen molar-refractivity contribution in [2.45, 2.75) is 44.5 Å². The molecule has 0 aromatic rings. The zero-order valence-electron chi connectivity index (χ0n) is 7.34. The van der Waals surface area contributed by atoms with E-state index >= 15 is 0 Å². The molecule has 0 N–H and O–H groups in total. The van der Waals surface area contributed by atoms with Gasteiger partial charge in [0.25, 0.3) is 0 Å². The first-order valence-electron chi connectivity index (χ1n) is 4.54. The van der Waals surface area contributed by atoms with Gasteiger partial charge in [-0.25, -0.2) is 0 Å². The Kier molecular flexibility index (Phi) is 1.93. The second-order valence-corrected chi connectivity index (χ2v) is 3.69. The molecule has 0 radical (unpaired) electrons. The molecule has 1 saturated carbocycles. The molecule has 1 aliphatic carbocycles. The van der Waals surface area contributed by atoms with Crippen LogP contribution in [0.2, 0.25) is 0 Å². The number of Topliss-reactive ketones (excluding diaryl/α,β-unsaturated/α-hetero) is 1.